The fourth-order valence-electron chi connectivity index (χ4n) is 2.11. The number of rotatable bonds is 3. The van der Waals surface area contributed by atoms with Crippen molar-refractivity contribution < 1.29 is 18.4 Å². The standard InChI is InChI=1S/C12H14F2N2O3/c1-19-11-8-9(2-3-10(11)16(17)18)15-6-4-12(13,14)5-7-15/h2-3,8H,4-7H2,1H3. The van der Waals surface area contributed by atoms with Gasteiger partial charge in [0.2, 0.25) is 0 Å². The summed E-state index contributed by atoms with van der Waals surface area (Å²) in [5.74, 6) is -2.47. The normalized spacial score (nSPS) is 18.2. The maximum absolute atomic E-state index is 13.1. The smallest absolute Gasteiger partial charge is 0.311 e. The molecule has 0 saturated carbocycles. The van der Waals surface area contributed by atoms with Crippen molar-refractivity contribution in [3.63, 3.8) is 0 Å². The largest absolute Gasteiger partial charge is 0.490 e. The number of methoxy groups -OCH3 is 1. The maximum Gasteiger partial charge on any atom is 0.311 e. The zero-order chi connectivity index (χ0) is 14.0. The van der Waals surface area contributed by atoms with Crippen LogP contribution >= 0.6 is 0 Å². The van der Waals surface area contributed by atoms with E-state index in [4.69, 9.17) is 4.74 Å². The lowest BCUT2D eigenvalue weighted by Gasteiger charge is -2.33. The van der Waals surface area contributed by atoms with Gasteiger partial charge in [0, 0.05) is 43.8 Å². The lowest BCUT2D eigenvalue weighted by Crippen LogP contribution is -2.39. The summed E-state index contributed by atoms with van der Waals surface area (Å²) in [5, 5.41) is 10.8. The van der Waals surface area contributed by atoms with Gasteiger partial charge in [0.05, 0.1) is 12.0 Å². The third kappa shape index (κ3) is 2.91. The first kappa shape index (κ1) is 13.5. The second-order valence-corrected chi connectivity index (χ2v) is 4.46. The fourth-order valence-corrected chi connectivity index (χ4v) is 2.11. The second-order valence-electron chi connectivity index (χ2n) is 4.46. The van der Waals surface area contributed by atoms with Gasteiger partial charge < -0.3 is 9.64 Å². The minimum Gasteiger partial charge on any atom is -0.490 e. The molecule has 0 N–H and O–H groups in total. The first-order valence-corrected chi connectivity index (χ1v) is 5.88. The first-order valence-electron chi connectivity index (χ1n) is 5.88. The molecule has 1 aromatic rings. The number of benzene rings is 1. The van der Waals surface area contributed by atoms with Crippen molar-refractivity contribution in [3.05, 3.63) is 28.3 Å². The molecule has 0 bridgehead atoms. The topological polar surface area (TPSA) is 55.6 Å². The van der Waals surface area contributed by atoms with Gasteiger partial charge in [0.25, 0.3) is 5.92 Å². The van der Waals surface area contributed by atoms with Gasteiger partial charge >= 0.3 is 5.69 Å². The SMILES string of the molecule is COc1cc(N2CCC(F)(F)CC2)ccc1[N+](=O)[O-]. The summed E-state index contributed by atoms with van der Waals surface area (Å²) in [6.07, 6.45) is -0.404. The molecule has 104 valence electrons. The van der Waals surface area contributed by atoms with Crippen molar-refractivity contribution in [2.24, 2.45) is 0 Å². The Kier molecular flexibility index (Phi) is 3.55. The van der Waals surface area contributed by atoms with E-state index in [-0.39, 0.29) is 37.4 Å². The molecule has 1 heterocycles. The van der Waals surface area contributed by atoms with Crippen LogP contribution in [0.1, 0.15) is 12.8 Å². The molecule has 1 aromatic carbocycles. The van der Waals surface area contributed by atoms with Crippen LogP contribution in [0.25, 0.3) is 0 Å². The van der Waals surface area contributed by atoms with Crippen LogP contribution in [0, 0.1) is 10.1 Å². The van der Waals surface area contributed by atoms with Crippen LogP contribution in [0.2, 0.25) is 0 Å². The average Bonchev–Trinajstić information content (AvgIpc) is 2.37. The molecule has 1 fully saturated rings. The molecule has 7 heteroatoms. The van der Waals surface area contributed by atoms with Crippen LogP contribution in [0.5, 0.6) is 5.75 Å². The Bertz CT molecular complexity index is 484. The van der Waals surface area contributed by atoms with E-state index in [9.17, 15) is 18.9 Å². The molecule has 1 saturated heterocycles. The summed E-state index contributed by atoms with van der Waals surface area (Å²) in [6.45, 7) is 0.460. The van der Waals surface area contributed by atoms with Crippen molar-refractivity contribution >= 4 is 11.4 Å². The van der Waals surface area contributed by atoms with Gasteiger partial charge in [0.1, 0.15) is 0 Å². The van der Waals surface area contributed by atoms with E-state index in [0.717, 1.165) is 0 Å². The summed E-state index contributed by atoms with van der Waals surface area (Å²) < 4.78 is 31.1. The highest BCUT2D eigenvalue weighted by Crippen LogP contribution is 2.35. The molecule has 0 atom stereocenters. The van der Waals surface area contributed by atoms with Gasteiger partial charge in [-0.2, -0.15) is 0 Å². The second kappa shape index (κ2) is 4.99. The number of nitro groups is 1. The van der Waals surface area contributed by atoms with Crippen molar-refractivity contribution in [1.82, 2.24) is 0 Å². The Morgan fingerprint density at radius 3 is 2.53 bits per heavy atom. The number of ether oxygens (including phenoxy) is 1. The van der Waals surface area contributed by atoms with E-state index in [1.54, 1.807) is 11.0 Å². The Morgan fingerprint density at radius 1 is 1.37 bits per heavy atom. The highest BCUT2D eigenvalue weighted by atomic mass is 19.3. The maximum atomic E-state index is 13.1. The summed E-state index contributed by atoms with van der Waals surface area (Å²) in [6, 6.07) is 4.41. The third-order valence-corrected chi connectivity index (χ3v) is 3.22. The van der Waals surface area contributed by atoms with Gasteiger partial charge in [-0.15, -0.1) is 0 Å². The molecule has 0 aromatic heterocycles. The van der Waals surface area contributed by atoms with Crippen LogP contribution in [0.15, 0.2) is 18.2 Å². The Hall–Kier alpha value is -1.92. The number of hydrogen-bond donors (Lipinski definition) is 0. The van der Waals surface area contributed by atoms with E-state index in [1.807, 2.05) is 0 Å². The molecular formula is C12H14F2N2O3. The Balaban J connectivity index is 2.20. The predicted octanol–water partition coefficient (Wildman–Crippen LogP) is 2.84. The number of nitro benzene ring substituents is 1. The minimum atomic E-state index is -2.61. The van der Waals surface area contributed by atoms with E-state index in [0.29, 0.717) is 5.69 Å². The number of piperidine rings is 1. The molecular weight excluding hydrogens is 258 g/mol. The zero-order valence-corrected chi connectivity index (χ0v) is 10.4. The van der Waals surface area contributed by atoms with Gasteiger partial charge in [-0.1, -0.05) is 0 Å². The number of halogens is 2. The predicted molar refractivity (Wildman–Crippen MR) is 66.0 cm³/mol. The molecule has 0 radical (unpaired) electrons. The van der Waals surface area contributed by atoms with Gasteiger partial charge in [0.15, 0.2) is 5.75 Å². The van der Waals surface area contributed by atoms with E-state index in [1.165, 1.54) is 19.2 Å². The third-order valence-electron chi connectivity index (χ3n) is 3.22. The number of anilines is 1. The molecule has 2 rings (SSSR count). The monoisotopic (exact) mass is 272 g/mol. The lowest BCUT2D eigenvalue weighted by molar-refractivity contribution is -0.385. The van der Waals surface area contributed by atoms with E-state index in [2.05, 4.69) is 0 Å². The summed E-state index contributed by atoms with van der Waals surface area (Å²) in [5.41, 5.74) is 0.534. The van der Waals surface area contributed by atoms with Crippen LogP contribution in [-0.4, -0.2) is 31.0 Å². The average molecular weight is 272 g/mol. The number of nitrogens with zero attached hydrogens (tertiary/aromatic N) is 2. The Morgan fingerprint density at radius 2 is 2.00 bits per heavy atom. The molecule has 19 heavy (non-hydrogen) atoms. The highest BCUT2D eigenvalue weighted by molar-refractivity contribution is 5.59. The van der Waals surface area contributed by atoms with Crippen molar-refractivity contribution in [2.75, 3.05) is 25.1 Å². The van der Waals surface area contributed by atoms with E-state index >= 15 is 0 Å². The molecule has 1 aliphatic rings. The van der Waals surface area contributed by atoms with Crippen molar-refractivity contribution in [2.45, 2.75) is 18.8 Å². The Labute approximate surface area is 108 Å². The first-order chi connectivity index (χ1) is 8.93. The number of hydrogen-bond acceptors (Lipinski definition) is 4. The number of alkyl halides is 2. The highest BCUT2D eigenvalue weighted by Gasteiger charge is 2.34. The lowest BCUT2D eigenvalue weighted by atomic mass is 10.1. The molecule has 0 unspecified atom stereocenters. The van der Waals surface area contributed by atoms with Gasteiger partial charge in [-0.3, -0.25) is 10.1 Å². The molecule has 0 amide bonds. The summed E-state index contributed by atoms with van der Waals surface area (Å²) >= 11 is 0. The molecule has 0 spiro atoms. The summed E-state index contributed by atoms with van der Waals surface area (Å²) in [4.78, 5) is 12.0. The van der Waals surface area contributed by atoms with Crippen LogP contribution in [-0.2, 0) is 0 Å². The van der Waals surface area contributed by atoms with Crippen LogP contribution in [0.4, 0.5) is 20.2 Å². The van der Waals surface area contributed by atoms with Crippen LogP contribution < -0.4 is 9.64 Å². The quantitative estimate of drug-likeness (QED) is 0.627. The minimum absolute atomic E-state index is 0.131. The fraction of sp³-hybridized carbons (Fsp3) is 0.500. The molecule has 0 aliphatic carbocycles. The molecule has 5 nitrogen and oxygen atoms in total. The van der Waals surface area contributed by atoms with Gasteiger partial charge in [-0.05, 0) is 6.07 Å². The van der Waals surface area contributed by atoms with E-state index < -0.39 is 10.8 Å². The van der Waals surface area contributed by atoms with Gasteiger partial charge in [-0.25, -0.2) is 8.78 Å². The zero-order valence-electron chi connectivity index (χ0n) is 10.4. The van der Waals surface area contributed by atoms with Crippen LogP contribution in [0.3, 0.4) is 0 Å². The summed E-state index contributed by atoms with van der Waals surface area (Å²) in [7, 11) is 1.34. The molecule has 1 aliphatic heterocycles. The van der Waals surface area contributed by atoms with Crippen molar-refractivity contribution in [3.8, 4) is 5.75 Å². The van der Waals surface area contributed by atoms with Crippen molar-refractivity contribution in [1.29, 1.82) is 0 Å².